The molecular weight excluding hydrogens is 270 g/mol. The summed E-state index contributed by atoms with van der Waals surface area (Å²) in [4.78, 5) is 5.10. The third kappa shape index (κ3) is 2.31. The van der Waals surface area contributed by atoms with Gasteiger partial charge in [0, 0.05) is 11.1 Å². The maximum Gasteiger partial charge on any atom is 0.232 e. The summed E-state index contributed by atoms with van der Waals surface area (Å²) >= 11 is 5.94. The first-order valence-corrected chi connectivity index (χ1v) is 7.14. The average Bonchev–Trinajstić information content (AvgIpc) is 2.55. The normalized spacial score (nSPS) is 18.2. The van der Waals surface area contributed by atoms with Crippen LogP contribution in [0, 0.1) is 5.21 Å². The molecule has 1 aliphatic rings. The lowest BCUT2D eigenvalue weighted by molar-refractivity contribution is -0.352. The second kappa shape index (κ2) is 5.01. The minimum atomic E-state index is -0.340. The van der Waals surface area contributed by atoms with Crippen LogP contribution in [-0.2, 0) is 0 Å². The first-order valence-electron chi connectivity index (χ1n) is 5.47. The lowest BCUT2D eigenvalue weighted by Crippen LogP contribution is -2.35. The average molecular weight is 286 g/mol. The Labute approximate surface area is 115 Å². The minimum Gasteiger partial charge on any atom is -0.618 e. The molecule has 4 nitrogen and oxygen atoms in total. The highest BCUT2D eigenvalue weighted by atomic mass is 35.5. The molecule has 1 aromatic rings. The van der Waals surface area contributed by atoms with Gasteiger partial charge in [-0.05, 0) is 50.8 Å². The standard InChI is InChI=1S/C12H16ClN3OS/c1-14(2)12(15(3)4)18-8-16(17)10-7-9(13)5-6-11(10)18/h5-8H,1-4H3. The van der Waals surface area contributed by atoms with E-state index in [1.165, 1.54) is 0 Å². The van der Waals surface area contributed by atoms with Gasteiger partial charge in [0.25, 0.3) is 0 Å². The summed E-state index contributed by atoms with van der Waals surface area (Å²) in [5.41, 5.74) is 2.35. The molecule has 0 amide bonds. The van der Waals surface area contributed by atoms with E-state index >= 15 is 0 Å². The first-order chi connectivity index (χ1) is 8.41. The quantitative estimate of drug-likeness (QED) is 0.417. The molecule has 0 aliphatic carbocycles. The predicted molar refractivity (Wildman–Crippen MR) is 79.0 cm³/mol. The van der Waals surface area contributed by atoms with Gasteiger partial charge >= 0.3 is 0 Å². The second-order valence-corrected chi connectivity index (χ2v) is 6.58. The Morgan fingerprint density at radius 1 is 1.22 bits per heavy atom. The van der Waals surface area contributed by atoms with E-state index in [2.05, 4.69) is 0 Å². The Kier molecular flexibility index (Phi) is 3.77. The van der Waals surface area contributed by atoms with Crippen LogP contribution in [0.2, 0.25) is 5.02 Å². The molecule has 0 spiro atoms. The number of halogens is 1. The summed E-state index contributed by atoms with van der Waals surface area (Å²) < 4.78 is 0.914. The van der Waals surface area contributed by atoms with E-state index in [0.29, 0.717) is 10.7 Å². The summed E-state index contributed by atoms with van der Waals surface area (Å²) in [7, 11) is 7.60. The van der Waals surface area contributed by atoms with Crippen LogP contribution in [0.15, 0.2) is 23.1 Å². The van der Waals surface area contributed by atoms with Gasteiger partial charge in [0.15, 0.2) is 0 Å². The van der Waals surface area contributed by atoms with E-state index < -0.39 is 0 Å². The van der Waals surface area contributed by atoms with E-state index in [1.54, 1.807) is 11.6 Å². The molecule has 6 heteroatoms. The maximum atomic E-state index is 11.9. The van der Waals surface area contributed by atoms with Gasteiger partial charge in [0.2, 0.25) is 11.2 Å². The van der Waals surface area contributed by atoms with Gasteiger partial charge in [-0.15, -0.1) is 0 Å². The van der Waals surface area contributed by atoms with E-state index in [9.17, 15) is 5.21 Å². The van der Waals surface area contributed by atoms with Crippen LogP contribution in [0.5, 0.6) is 0 Å². The van der Waals surface area contributed by atoms with Gasteiger partial charge in [0.05, 0.1) is 4.90 Å². The summed E-state index contributed by atoms with van der Waals surface area (Å²) in [6.45, 7) is 0. The fraction of sp³-hybridized carbons (Fsp3) is 0.333. The second-order valence-electron chi connectivity index (χ2n) is 4.45. The minimum absolute atomic E-state index is 0.340. The predicted octanol–water partition coefficient (Wildman–Crippen LogP) is 2.36. The van der Waals surface area contributed by atoms with Crippen molar-refractivity contribution in [1.82, 2.24) is 9.80 Å². The highest BCUT2D eigenvalue weighted by molar-refractivity contribution is 8.27. The zero-order chi connectivity index (χ0) is 13.4. The van der Waals surface area contributed by atoms with Crippen LogP contribution in [0.4, 0.5) is 5.69 Å². The van der Waals surface area contributed by atoms with Gasteiger partial charge < -0.3 is 5.21 Å². The van der Waals surface area contributed by atoms with Gasteiger partial charge in [-0.2, -0.15) is 4.74 Å². The monoisotopic (exact) mass is 285 g/mol. The molecule has 0 fully saturated rings. The van der Waals surface area contributed by atoms with Crippen molar-refractivity contribution < 1.29 is 4.74 Å². The van der Waals surface area contributed by atoms with Crippen LogP contribution < -0.4 is 0 Å². The van der Waals surface area contributed by atoms with Crippen molar-refractivity contribution in [2.45, 2.75) is 4.90 Å². The zero-order valence-electron chi connectivity index (χ0n) is 10.8. The molecule has 0 saturated heterocycles. The van der Waals surface area contributed by atoms with Crippen molar-refractivity contribution in [1.29, 1.82) is 0 Å². The molecule has 0 aromatic heterocycles. The molecule has 0 saturated carbocycles. The Bertz CT molecular complexity index is 542. The van der Waals surface area contributed by atoms with Gasteiger partial charge in [-0.3, -0.25) is 9.80 Å². The smallest absolute Gasteiger partial charge is 0.232 e. The molecule has 1 aliphatic heterocycles. The number of rotatable bonds is 0. The largest absolute Gasteiger partial charge is 0.618 e. The number of fused-ring (bicyclic) bond motifs is 1. The van der Waals surface area contributed by atoms with E-state index in [1.807, 2.05) is 50.1 Å². The summed E-state index contributed by atoms with van der Waals surface area (Å²) in [6.07, 6.45) is 0. The molecule has 0 N–H and O–H groups in total. The fourth-order valence-corrected chi connectivity index (χ4v) is 4.25. The first kappa shape index (κ1) is 13.5. The van der Waals surface area contributed by atoms with Gasteiger partial charge in [-0.25, -0.2) is 0 Å². The number of benzene rings is 1. The van der Waals surface area contributed by atoms with Crippen molar-refractivity contribution in [3.63, 3.8) is 0 Å². The Balaban J connectivity index is 2.67. The molecular formula is C12H16ClN3OS. The zero-order valence-corrected chi connectivity index (χ0v) is 12.4. The van der Waals surface area contributed by atoms with E-state index in [-0.39, 0.29) is 10.5 Å². The number of nitrogens with zero attached hydrogens (tertiary/aromatic N) is 3. The molecule has 1 heterocycles. The van der Waals surface area contributed by atoms with Crippen molar-refractivity contribution in [3.8, 4) is 0 Å². The van der Waals surface area contributed by atoms with Crippen LogP contribution in [0.25, 0.3) is 0 Å². The highest BCUT2D eigenvalue weighted by Crippen LogP contribution is 2.41. The third-order valence-electron chi connectivity index (χ3n) is 2.56. The van der Waals surface area contributed by atoms with E-state index in [0.717, 1.165) is 14.7 Å². The van der Waals surface area contributed by atoms with Crippen molar-refractivity contribution in [3.05, 3.63) is 28.4 Å². The van der Waals surface area contributed by atoms with Gasteiger partial charge in [-0.1, -0.05) is 11.6 Å². The summed E-state index contributed by atoms with van der Waals surface area (Å²) in [5, 5.41) is 13.6. The highest BCUT2D eigenvalue weighted by Gasteiger charge is 2.26. The summed E-state index contributed by atoms with van der Waals surface area (Å²) in [6, 6.07) is 5.48. The van der Waals surface area contributed by atoms with Crippen LogP contribution >= 0.6 is 22.1 Å². The Morgan fingerprint density at radius 2 is 1.83 bits per heavy atom. The maximum absolute atomic E-state index is 11.9. The topological polar surface area (TPSA) is 32.5 Å². The number of hydrogen-bond acceptors (Lipinski definition) is 1. The lowest BCUT2D eigenvalue weighted by atomic mass is 10.3. The van der Waals surface area contributed by atoms with Crippen LogP contribution in [-0.4, -0.2) is 53.4 Å². The fourth-order valence-electron chi connectivity index (χ4n) is 2.00. The van der Waals surface area contributed by atoms with Crippen molar-refractivity contribution in [2.24, 2.45) is 0 Å². The van der Waals surface area contributed by atoms with Crippen LogP contribution in [0.1, 0.15) is 0 Å². The van der Waals surface area contributed by atoms with Crippen LogP contribution in [0.3, 0.4) is 0 Å². The van der Waals surface area contributed by atoms with Crippen molar-refractivity contribution in [2.75, 3.05) is 28.2 Å². The Hall–Kier alpha value is -0.880. The molecule has 1 aromatic carbocycles. The molecule has 98 valence electrons. The third-order valence-corrected chi connectivity index (χ3v) is 5.14. The SMILES string of the molecule is CN(C)C(N(C)C)=S1C=[N+]([O-])c2cc(Cl)ccc21. The molecule has 2 rings (SSSR count). The summed E-state index contributed by atoms with van der Waals surface area (Å²) in [5.74, 6) is 0. The van der Waals surface area contributed by atoms with E-state index in [4.69, 9.17) is 11.6 Å². The molecule has 0 bridgehead atoms. The van der Waals surface area contributed by atoms with Gasteiger partial charge in [0.1, 0.15) is 5.11 Å². The Morgan fingerprint density at radius 3 is 2.39 bits per heavy atom. The number of hydrogen-bond donors (Lipinski definition) is 0. The molecule has 0 radical (unpaired) electrons. The van der Waals surface area contributed by atoms with Crippen molar-refractivity contribution >= 4 is 38.4 Å². The lowest BCUT2D eigenvalue weighted by Gasteiger charge is -2.22. The molecule has 1 atom stereocenters. The molecule has 18 heavy (non-hydrogen) atoms. The molecule has 1 unspecified atom stereocenters.